The first-order valence-electron chi connectivity index (χ1n) is 12.5. The Kier molecular flexibility index (Phi) is 5.59. The van der Waals surface area contributed by atoms with Gasteiger partial charge >= 0.3 is 0 Å². The standard InChI is InChI=1S/C27H29N3O6/c1-2-3-16-7-8-19-24-23(25(32)28-11-15-4-9-21-22(10-15)36-14-35-21)18(13-31)20(12-29(19)26(16)33)30(24)27(34)17-5-6-17/h2-4,7-10,17-18,20,23-24,31H,5-6,11-14H2,1H3,(H,28,32)/b3-2-/t18-,20-,23+,24+/m0/s1. The summed E-state index contributed by atoms with van der Waals surface area (Å²) in [6.45, 7) is 2.32. The van der Waals surface area contributed by atoms with Gasteiger partial charge in [0.25, 0.3) is 5.56 Å². The Morgan fingerprint density at radius 2 is 1.97 bits per heavy atom. The topological polar surface area (TPSA) is 110 Å². The third-order valence-corrected chi connectivity index (χ3v) is 7.81. The van der Waals surface area contributed by atoms with Crippen molar-refractivity contribution in [3.05, 3.63) is 63.6 Å². The van der Waals surface area contributed by atoms with Gasteiger partial charge in [0.15, 0.2) is 11.5 Å². The minimum Gasteiger partial charge on any atom is -0.454 e. The molecule has 3 aliphatic heterocycles. The number of hydrogen-bond donors (Lipinski definition) is 2. The molecule has 4 atom stereocenters. The number of allylic oxidation sites excluding steroid dienone is 1. The number of carbonyl (C=O) groups is 2. The molecule has 1 aromatic heterocycles. The fourth-order valence-corrected chi connectivity index (χ4v) is 5.93. The molecule has 0 radical (unpaired) electrons. The van der Waals surface area contributed by atoms with Crippen molar-refractivity contribution < 1.29 is 24.2 Å². The summed E-state index contributed by atoms with van der Waals surface area (Å²) in [6.07, 6.45) is 5.25. The minimum atomic E-state index is -0.669. The fourth-order valence-electron chi connectivity index (χ4n) is 5.93. The Bertz CT molecular complexity index is 1310. The molecule has 2 aromatic rings. The second-order valence-corrected chi connectivity index (χ2v) is 9.94. The zero-order valence-corrected chi connectivity index (χ0v) is 20.1. The molecule has 2 bridgehead atoms. The number of pyridine rings is 1. The molecule has 9 heteroatoms. The number of benzene rings is 1. The van der Waals surface area contributed by atoms with Gasteiger partial charge in [-0.2, -0.15) is 0 Å². The molecule has 4 aliphatic rings. The molecular weight excluding hydrogens is 462 g/mol. The number of amides is 2. The van der Waals surface area contributed by atoms with E-state index in [1.165, 1.54) is 0 Å². The average molecular weight is 492 g/mol. The van der Waals surface area contributed by atoms with Crippen molar-refractivity contribution >= 4 is 17.9 Å². The van der Waals surface area contributed by atoms with Gasteiger partial charge in [-0.15, -0.1) is 0 Å². The lowest BCUT2D eigenvalue weighted by Crippen LogP contribution is -2.49. The highest BCUT2D eigenvalue weighted by Crippen LogP contribution is 2.50. The van der Waals surface area contributed by atoms with Crippen LogP contribution in [-0.2, 0) is 22.7 Å². The number of nitrogens with one attached hydrogen (secondary N) is 1. The molecule has 1 saturated carbocycles. The molecule has 1 aliphatic carbocycles. The molecular formula is C27H29N3O6. The van der Waals surface area contributed by atoms with Gasteiger partial charge in [-0.05, 0) is 49.6 Å². The molecule has 0 unspecified atom stereocenters. The second-order valence-electron chi connectivity index (χ2n) is 9.94. The molecule has 9 nitrogen and oxygen atoms in total. The lowest BCUT2D eigenvalue weighted by molar-refractivity contribution is -0.138. The second kappa shape index (κ2) is 8.81. The lowest BCUT2D eigenvalue weighted by Gasteiger charge is -2.38. The number of rotatable bonds is 6. The van der Waals surface area contributed by atoms with Crippen LogP contribution in [0.2, 0.25) is 0 Å². The molecule has 1 aromatic carbocycles. The quantitative estimate of drug-likeness (QED) is 0.638. The Morgan fingerprint density at radius 1 is 1.17 bits per heavy atom. The zero-order valence-electron chi connectivity index (χ0n) is 20.1. The SMILES string of the molecule is C/C=C\c1ccc2n(c1=O)C[C@H]1[C@H](CO)[C@@H](C(=O)NCc3ccc4c(c3)OCO4)[C@@H]2N1C(=O)C1CC1. The van der Waals surface area contributed by atoms with E-state index in [1.54, 1.807) is 21.6 Å². The number of aromatic nitrogens is 1. The maximum Gasteiger partial charge on any atom is 0.258 e. The van der Waals surface area contributed by atoms with E-state index in [1.807, 2.05) is 37.3 Å². The summed E-state index contributed by atoms with van der Waals surface area (Å²) in [6, 6.07) is 8.10. The summed E-state index contributed by atoms with van der Waals surface area (Å²) in [5.74, 6) is -0.0968. The van der Waals surface area contributed by atoms with Crippen LogP contribution < -0.4 is 20.3 Å². The van der Waals surface area contributed by atoms with Gasteiger partial charge < -0.3 is 29.4 Å². The van der Waals surface area contributed by atoms with E-state index in [-0.39, 0.29) is 49.8 Å². The van der Waals surface area contributed by atoms with Crippen molar-refractivity contribution in [2.75, 3.05) is 13.4 Å². The summed E-state index contributed by atoms with van der Waals surface area (Å²) >= 11 is 0. The predicted molar refractivity (Wildman–Crippen MR) is 130 cm³/mol. The number of carbonyl (C=O) groups excluding carboxylic acids is 2. The first-order chi connectivity index (χ1) is 17.5. The van der Waals surface area contributed by atoms with Crippen molar-refractivity contribution in [3.8, 4) is 11.5 Å². The van der Waals surface area contributed by atoms with Crippen LogP contribution >= 0.6 is 0 Å². The number of aliphatic hydroxyl groups excluding tert-OH is 1. The van der Waals surface area contributed by atoms with Crippen molar-refractivity contribution in [2.45, 2.75) is 44.9 Å². The smallest absolute Gasteiger partial charge is 0.258 e. The van der Waals surface area contributed by atoms with Crippen LogP contribution in [0.3, 0.4) is 0 Å². The third-order valence-electron chi connectivity index (χ3n) is 7.81. The molecule has 6 rings (SSSR count). The average Bonchev–Trinajstić information content (AvgIpc) is 3.58. The predicted octanol–water partition coefficient (Wildman–Crippen LogP) is 1.83. The van der Waals surface area contributed by atoms with Crippen LogP contribution in [0.4, 0.5) is 0 Å². The van der Waals surface area contributed by atoms with Crippen molar-refractivity contribution in [1.82, 2.24) is 14.8 Å². The van der Waals surface area contributed by atoms with Crippen LogP contribution in [0.25, 0.3) is 6.08 Å². The first kappa shape index (κ1) is 22.8. The van der Waals surface area contributed by atoms with Gasteiger partial charge in [0, 0.05) is 42.8 Å². The Labute approximate surface area is 208 Å². The highest BCUT2D eigenvalue weighted by atomic mass is 16.7. The van der Waals surface area contributed by atoms with Crippen molar-refractivity contribution in [2.24, 2.45) is 17.8 Å². The highest BCUT2D eigenvalue weighted by Gasteiger charge is 2.58. The summed E-state index contributed by atoms with van der Waals surface area (Å²) in [7, 11) is 0. The first-order valence-corrected chi connectivity index (χ1v) is 12.5. The summed E-state index contributed by atoms with van der Waals surface area (Å²) in [5, 5.41) is 13.4. The lowest BCUT2D eigenvalue weighted by atomic mass is 9.86. The summed E-state index contributed by atoms with van der Waals surface area (Å²) in [4.78, 5) is 42.1. The molecule has 1 saturated heterocycles. The number of fused-ring (bicyclic) bond motifs is 5. The van der Waals surface area contributed by atoms with Gasteiger partial charge in [-0.3, -0.25) is 14.4 Å². The molecule has 36 heavy (non-hydrogen) atoms. The Balaban J connectivity index is 1.34. The summed E-state index contributed by atoms with van der Waals surface area (Å²) < 4.78 is 12.5. The molecule has 0 spiro atoms. The molecule has 2 amide bonds. The Morgan fingerprint density at radius 3 is 2.72 bits per heavy atom. The molecule has 188 valence electrons. The van der Waals surface area contributed by atoms with E-state index in [4.69, 9.17) is 9.47 Å². The summed E-state index contributed by atoms with van der Waals surface area (Å²) in [5.41, 5.74) is 1.93. The van der Waals surface area contributed by atoms with Crippen molar-refractivity contribution in [1.29, 1.82) is 0 Å². The van der Waals surface area contributed by atoms with Crippen molar-refractivity contribution in [3.63, 3.8) is 0 Å². The molecule has 2 fully saturated rings. The van der Waals surface area contributed by atoms with Crippen LogP contribution in [0, 0.1) is 17.8 Å². The normalized spacial score (nSPS) is 25.8. The maximum absolute atomic E-state index is 13.7. The van der Waals surface area contributed by atoms with Crippen LogP contribution in [0.5, 0.6) is 11.5 Å². The number of ether oxygens (including phenoxy) is 2. The van der Waals surface area contributed by atoms with E-state index >= 15 is 0 Å². The molecule has 2 N–H and O–H groups in total. The number of nitrogens with zero attached hydrogens (tertiary/aromatic N) is 2. The minimum absolute atomic E-state index is 0.0192. The van der Waals surface area contributed by atoms with Crippen LogP contribution in [0.15, 0.2) is 41.2 Å². The fraction of sp³-hybridized carbons (Fsp3) is 0.444. The van der Waals surface area contributed by atoms with Gasteiger partial charge in [0.2, 0.25) is 18.6 Å². The van der Waals surface area contributed by atoms with Gasteiger partial charge in [-0.1, -0.05) is 18.2 Å². The van der Waals surface area contributed by atoms with Gasteiger partial charge in [0.05, 0.1) is 18.0 Å². The van der Waals surface area contributed by atoms with E-state index in [0.717, 1.165) is 18.4 Å². The monoisotopic (exact) mass is 491 g/mol. The number of hydrogen-bond acceptors (Lipinski definition) is 6. The largest absolute Gasteiger partial charge is 0.454 e. The maximum atomic E-state index is 13.7. The molecule has 4 heterocycles. The van der Waals surface area contributed by atoms with Gasteiger partial charge in [0.1, 0.15) is 0 Å². The van der Waals surface area contributed by atoms with E-state index < -0.39 is 23.9 Å². The highest BCUT2D eigenvalue weighted by molar-refractivity contribution is 5.86. The number of aliphatic hydroxyl groups is 1. The van der Waals surface area contributed by atoms with Crippen LogP contribution in [0.1, 0.15) is 42.6 Å². The van der Waals surface area contributed by atoms with E-state index in [2.05, 4.69) is 5.32 Å². The third kappa shape index (κ3) is 3.61. The zero-order chi connectivity index (χ0) is 25.0. The van der Waals surface area contributed by atoms with Gasteiger partial charge in [-0.25, -0.2) is 0 Å². The van der Waals surface area contributed by atoms with E-state index in [9.17, 15) is 19.5 Å². The Hall–Kier alpha value is -3.59. The van der Waals surface area contributed by atoms with Crippen LogP contribution in [-0.4, -0.2) is 45.8 Å². The van der Waals surface area contributed by atoms with E-state index in [0.29, 0.717) is 22.8 Å².